The smallest absolute Gasteiger partial charge is 0.240 e. The fraction of sp³-hybridized carbons (Fsp3) is 0.571. The zero-order valence-electron chi connectivity index (χ0n) is 12.6. The Balaban J connectivity index is 2.79. The van der Waals surface area contributed by atoms with Crippen LogP contribution in [0.5, 0.6) is 0 Å². The molecule has 2 N–H and O–H groups in total. The first kappa shape index (κ1) is 17.5. The predicted molar refractivity (Wildman–Crippen MR) is 86.7 cm³/mol. The molecule has 4 nitrogen and oxygen atoms in total. The standard InChI is InChI=1S/C14H24N2O2S2/c1-11-5-6-14(9-13(11)10-15-3)20(17,18)16-8-7-12(2)19-4/h5-6,9,12,15-16H,7-8,10H2,1-4H3. The van der Waals surface area contributed by atoms with Gasteiger partial charge < -0.3 is 5.32 Å². The molecule has 1 unspecified atom stereocenters. The van der Waals surface area contributed by atoms with Crippen molar-refractivity contribution >= 4 is 21.8 Å². The Bertz CT molecular complexity index is 530. The Morgan fingerprint density at radius 2 is 2.05 bits per heavy atom. The Labute approximate surface area is 126 Å². The van der Waals surface area contributed by atoms with Crippen molar-refractivity contribution in [3.8, 4) is 0 Å². The molecular formula is C14H24N2O2S2. The topological polar surface area (TPSA) is 58.2 Å². The summed E-state index contributed by atoms with van der Waals surface area (Å²) >= 11 is 1.74. The molecule has 0 saturated carbocycles. The highest BCUT2D eigenvalue weighted by Gasteiger charge is 2.15. The van der Waals surface area contributed by atoms with E-state index in [9.17, 15) is 8.42 Å². The first-order valence-electron chi connectivity index (χ1n) is 6.67. The first-order chi connectivity index (χ1) is 9.40. The number of rotatable bonds is 8. The molecule has 0 aliphatic carbocycles. The lowest BCUT2D eigenvalue weighted by Crippen LogP contribution is -2.26. The first-order valence-corrected chi connectivity index (χ1v) is 9.44. The minimum Gasteiger partial charge on any atom is -0.316 e. The normalized spacial score (nSPS) is 13.4. The van der Waals surface area contributed by atoms with Gasteiger partial charge in [0.05, 0.1) is 4.90 Å². The van der Waals surface area contributed by atoms with Gasteiger partial charge in [0.25, 0.3) is 0 Å². The van der Waals surface area contributed by atoms with Crippen LogP contribution in [-0.4, -0.2) is 33.5 Å². The Hall–Kier alpha value is -0.560. The maximum atomic E-state index is 12.2. The van der Waals surface area contributed by atoms with Crippen molar-refractivity contribution in [3.05, 3.63) is 29.3 Å². The van der Waals surface area contributed by atoms with Gasteiger partial charge in [0.1, 0.15) is 0 Å². The number of benzene rings is 1. The third-order valence-electron chi connectivity index (χ3n) is 3.24. The predicted octanol–water partition coefficient (Wildman–Crippen LogP) is 2.13. The zero-order chi connectivity index (χ0) is 15.2. The molecule has 1 aromatic rings. The summed E-state index contributed by atoms with van der Waals surface area (Å²) in [5.41, 5.74) is 2.10. The van der Waals surface area contributed by atoms with Crippen LogP contribution in [0.15, 0.2) is 23.1 Å². The third-order valence-corrected chi connectivity index (χ3v) is 5.74. The van der Waals surface area contributed by atoms with E-state index in [2.05, 4.69) is 17.0 Å². The number of hydrogen-bond donors (Lipinski definition) is 2. The van der Waals surface area contributed by atoms with Crippen LogP contribution in [0.2, 0.25) is 0 Å². The van der Waals surface area contributed by atoms with E-state index in [1.165, 1.54) is 0 Å². The van der Waals surface area contributed by atoms with Crippen molar-refractivity contribution in [1.82, 2.24) is 10.0 Å². The van der Waals surface area contributed by atoms with Crippen molar-refractivity contribution in [3.63, 3.8) is 0 Å². The second kappa shape index (κ2) is 8.02. The lowest BCUT2D eigenvalue weighted by Gasteiger charge is -2.12. The van der Waals surface area contributed by atoms with Gasteiger partial charge in [-0.2, -0.15) is 11.8 Å². The molecule has 0 aromatic heterocycles. The van der Waals surface area contributed by atoms with Gasteiger partial charge in [-0.15, -0.1) is 0 Å². The monoisotopic (exact) mass is 316 g/mol. The van der Waals surface area contributed by atoms with Crippen LogP contribution in [0.1, 0.15) is 24.5 Å². The van der Waals surface area contributed by atoms with Crippen LogP contribution in [0, 0.1) is 6.92 Å². The molecule has 0 bridgehead atoms. The lowest BCUT2D eigenvalue weighted by atomic mass is 10.1. The van der Waals surface area contributed by atoms with Crippen molar-refractivity contribution < 1.29 is 8.42 Å². The van der Waals surface area contributed by atoms with Crippen molar-refractivity contribution in [1.29, 1.82) is 0 Å². The molecule has 1 atom stereocenters. The summed E-state index contributed by atoms with van der Waals surface area (Å²) in [4.78, 5) is 0.338. The van der Waals surface area contributed by atoms with Crippen LogP contribution in [0.4, 0.5) is 0 Å². The van der Waals surface area contributed by atoms with Gasteiger partial charge in [-0.3, -0.25) is 0 Å². The summed E-state index contributed by atoms with van der Waals surface area (Å²) in [6, 6.07) is 5.26. The maximum Gasteiger partial charge on any atom is 0.240 e. The second-order valence-electron chi connectivity index (χ2n) is 4.85. The molecule has 6 heteroatoms. The molecule has 0 aliphatic rings. The highest BCUT2D eigenvalue weighted by molar-refractivity contribution is 7.99. The van der Waals surface area contributed by atoms with Gasteiger partial charge >= 0.3 is 0 Å². The third kappa shape index (κ3) is 5.09. The van der Waals surface area contributed by atoms with Crippen molar-refractivity contribution in [2.75, 3.05) is 19.8 Å². The summed E-state index contributed by atoms with van der Waals surface area (Å²) in [5.74, 6) is 0. The number of nitrogens with one attached hydrogen (secondary N) is 2. The highest BCUT2D eigenvalue weighted by atomic mass is 32.2. The van der Waals surface area contributed by atoms with Gasteiger partial charge in [-0.25, -0.2) is 13.1 Å². The Morgan fingerprint density at radius 3 is 2.65 bits per heavy atom. The molecule has 0 heterocycles. The molecule has 0 aliphatic heterocycles. The highest BCUT2D eigenvalue weighted by Crippen LogP contribution is 2.16. The summed E-state index contributed by atoms with van der Waals surface area (Å²) in [6.07, 6.45) is 2.86. The summed E-state index contributed by atoms with van der Waals surface area (Å²) in [6.45, 7) is 5.21. The van der Waals surface area contributed by atoms with Crippen LogP contribution >= 0.6 is 11.8 Å². The van der Waals surface area contributed by atoms with Crippen LogP contribution in [0.3, 0.4) is 0 Å². The molecule has 20 heavy (non-hydrogen) atoms. The number of thioether (sulfide) groups is 1. The van der Waals surface area contributed by atoms with Gasteiger partial charge in [0, 0.05) is 18.3 Å². The number of aryl methyl sites for hydroxylation is 1. The van der Waals surface area contributed by atoms with E-state index < -0.39 is 10.0 Å². The quantitative estimate of drug-likeness (QED) is 0.771. The largest absolute Gasteiger partial charge is 0.316 e. The van der Waals surface area contributed by atoms with Crippen LogP contribution in [0.25, 0.3) is 0 Å². The molecule has 0 spiro atoms. The molecular weight excluding hydrogens is 292 g/mol. The molecule has 0 amide bonds. The van der Waals surface area contributed by atoms with Gasteiger partial charge in [0.15, 0.2) is 0 Å². The van der Waals surface area contributed by atoms with E-state index in [1.807, 2.05) is 26.3 Å². The zero-order valence-corrected chi connectivity index (χ0v) is 14.2. The van der Waals surface area contributed by atoms with Gasteiger partial charge in [-0.1, -0.05) is 13.0 Å². The SMILES string of the molecule is CNCc1cc(S(=O)(=O)NCCC(C)SC)ccc1C. The summed E-state index contributed by atoms with van der Waals surface area (Å²) in [5, 5.41) is 3.51. The van der Waals surface area contributed by atoms with Crippen molar-refractivity contribution in [2.24, 2.45) is 0 Å². The average molecular weight is 316 g/mol. The molecule has 114 valence electrons. The van der Waals surface area contributed by atoms with Crippen LogP contribution in [-0.2, 0) is 16.6 Å². The second-order valence-corrected chi connectivity index (χ2v) is 7.89. The van der Waals surface area contributed by atoms with Gasteiger partial charge in [-0.05, 0) is 49.9 Å². The van der Waals surface area contributed by atoms with E-state index in [0.29, 0.717) is 23.2 Å². The summed E-state index contributed by atoms with van der Waals surface area (Å²) in [7, 11) is -1.56. The minimum atomic E-state index is -3.41. The summed E-state index contributed by atoms with van der Waals surface area (Å²) < 4.78 is 27.1. The van der Waals surface area contributed by atoms with E-state index in [4.69, 9.17) is 0 Å². The number of sulfonamides is 1. The van der Waals surface area contributed by atoms with E-state index in [1.54, 1.807) is 23.9 Å². The molecule has 0 radical (unpaired) electrons. The fourth-order valence-electron chi connectivity index (χ4n) is 1.79. The molecule has 0 saturated heterocycles. The lowest BCUT2D eigenvalue weighted by molar-refractivity contribution is 0.578. The van der Waals surface area contributed by atoms with E-state index >= 15 is 0 Å². The fourth-order valence-corrected chi connectivity index (χ4v) is 3.25. The van der Waals surface area contributed by atoms with E-state index in [-0.39, 0.29) is 0 Å². The molecule has 1 aromatic carbocycles. The average Bonchev–Trinajstić information content (AvgIpc) is 2.40. The molecule has 1 rings (SSSR count). The Kier molecular flexibility index (Phi) is 7.02. The van der Waals surface area contributed by atoms with Crippen LogP contribution < -0.4 is 10.0 Å². The van der Waals surface area contributed by atoms with Gasteiger partial charge in [0.2, 0.25) is 10.0 Å². The maximum absolute atomic E-state index is 12.2. The van der Waals surface area contributed by atoms with Crippen molar-refractivity contribution in [2.45, 2.75) is 37.0 Å². The molecule has 0 fully saturated rings. The van der Waals surface area contributed by atoms with E-state index in [0.717, 1.165) is 17.5 Å². The Morgan fingerprint density at radius 1 is 1.35 bits per heavy atom. The minimum absolute atomic E-state index is 0.338. The number of hydrogen-bond acceptors (Lipinski definition) is 4.